The van der Waals surface area contributed by atoms with Crippen LogP contribution in [0.5, 0.6) is 0 Å². The Morgan fingerprint density at radius 3 is 2.60 bits per heavy atom. The largest absolute Gasteiger partial charge is 0.444 e. The highest BCUT2D eigenvalue weighted by molar-refractivity contribution is 5.93. The van der Waals surface area contributed by atoms with Gasteiger partial charge in [-0.2, -0.15) is 5.06 Å². The summed E-state index contributed by atoms with van der Waals surface area (Å²) in [6.45, 7) is 12.3. The summed E-state index contributed by atoms with van der Waals surface area (Å²) in [5.74, 6) is -1.23. The minimum atomic E-state index is -0.955. The van der Waals surface area contributed by atoms with E-state index in [9.17, 15) is 19.2 Å². The van der Waals surface area contributed by atoms with Gasteiger partial charge in [-0.15, -0.1) is 6.58 Å². The number of hydrazine groups is 1. The van der Waals surface area contributed by atoms with E-state index in [1.54, 1.807) is 33.8 Å². The van der Waals surface area contributed by atoms with Gasteiger partial charge in [-0.3, -0.25) is 25.3 Å². The summed E-state index contributed by atoms with van der Waals surface area (Å²) in [7, 11) is 0. The SMILES string of the molecule is C=CCON1C(=O)N2C[C@H]1C=C(C)[C@H]2C(=O)NNC(=O)[C@H](C)NC(=O)OC(C)(C)C. The van der Waals surface area contributed by atoms with Crippen molar-refractivity contribution in [3.63, 3.8) is 0 Å². The van der Waals surface area contributed by atoms with Crippen molar-refractivity contribution in [1.29, 1.82) is 0 Å². The molecule has 11 nitrogen and oxygen atoms in total. The highest BCUT2D eigenvalue weighted by Gasteiger charge is 2.47. The minimum Gasteiger partial charge on any atom is -0.444 e. The van der Waals surface area contributed by atoms with Gasteiger partial charge in [0.25, 0.3) is 11.8 Å². The Morgan fingerprint density at radius 2 is 2.00 bits per heavy atom. The zero-order valence-corrected chi connectivity index (χ0v) is 17.9. The first-order valence-corrected chi connectivity index (χ1v) is 9.55. The summed E-state index contributed by atoms with van der Waals surface area (Å²) in [5, 5.41) is 3.59. The highest BCUT2D eigenvalue weighted by atomic mass is 16.7. The summed E-state index contributed by atoms with van der Waals surface area (Å²) >= 11 is 0. The van der Waals surface area contributed by atoms with E-state index in [1.165, 1.54) is 23.0 Å². The summed E-state index contributed by atoms with van der Waals surface area (Å²) in [6, 6.07) is -2.58. The van der Waals surface area contributed by atoms with Crippen LogP contribution < -0.4 is 16.2 Å². The molecule has 0 aromatic rings. The molecule has 3 atom stereocenters. The standard InChI is InChI=1S/C19H29N5O6/c1-7-8-29-24-13-9-11(2)14(23(10-13)18(24)28)16(26)22-21-15(25)12(3)20-17(27)30-19(4,5)6/h7,9,12-14H,1,8,10H2,2-6H3,(H,20,27)(H,21,25)(H,22,26)/t12-,13+,14-/m0/s1. The van der Waals surface area contributed by atoms with Gasteiger partial charge in [0.2, 0.25) is 0 Å². The van der Waals surface area contributed by atoms with Crippen molar-refractivity contribution in [2.24, 2.45) is 0 Å². The van der Waals surface area contributed by atoms with Gasteiger partial charge in [0, 0.05) is 0 Å². The van der Waals surface area contributed by atoms with E-state index in [0.29, 0.717) is 5.57 Å². The number of hydrogen-bond donors (Lipinski definition) is 3. The summed E-state index contributed by atoms with van der Waals surface area (Å²) < 4.78 is 5.08. The van der Waals surface area contributed by atoms with Gasteiger partial charge in [0.05, 0.1) is 19.2 Å². The van der Waals surface area contributed by atoms with Crippen molar-refractivity contribution in [1.82, 2.24) is 26.1 Å². The fourth-order valence-electron chi connectivity index (χ4n) is 3.08. The van der Waals surface area contributed by atoms with E-state index >= 15 is 0 Å². The van der Waals surface area contributed by atoms with Crippen LogP contribution in [0.1, 0.15) is 34.6 Å². The Bertz CT molecular complexity index is 759. The normalized spacial score (nSPS) is 21.5. The minimum absolute atomic E-state index is 0.165. The first-order chi connectivity index (χ1) is 13.9. The number of rotatable bonds is 6. The van der Waals surface area contributed by atoms with Crippen molar-refractivity contribution >= 4 is 23.9 Å². The Balaban J connectivity index is 1.92. The second kappa shape index (κ2) is 9.16. The zero-order valence-electron chi connectivity index (χ0n) is 17.9. The zero-order chi connectivity index (χ0) is 22.6. The van der Waals surface area contributed by atoms with Gasteiger partial charge in [-0.1, -0.05) is 12.2 Å². The number of urea groups is 1. The number of amides is 5. The third kappa shape index (κ3) is 5.50. The molecule has 2 heterocycles. The monoisotopic (exact) mass is 423 g/mol. The fraction of sp³-hybridized carbons (Fsp3) is 0.579. The number of nitrogens with one attached hydrogen (secondary N) is 3. The maximum absolute atomic E-state index is 12.7. The quantitative estimate of drug-likeness (QED) is 0.424. The topological polar surface area (TPSA) is 129 Å². The van der Waals surface area contributed by atoms with Crippen LogP contribution in [0.25, 0.3) is 0 Å². The Kier molecular flexibility index (Phi) is 7.08. The Morgan fingerprint density at radius 1 is 1.33 bits per heavy atom. The molecule has 0 aliphatic carbocycles. The van der Waals surface area contributed by atoms with Crippen molar-refractivity contribution in [2.75, 3.05) is 13.2 Å². The molecule has 0 unspecified atom stereocenters. The molecule has 166 valence electrons. The van der Waals surface area contributed by atoms with Gasteiger partial charge in [0.15, 0.2) is 0 Å². The predicted octanol–water partition coefficient (Wildman–Crippen LogP) is 0.599. The highest BCUT2D eigenvalue weighted by Crippen LogP contribution is 2.29. The maximum atomic E-state index is 12.7. The van der Waals surface area contributed by atoms with Crippen LogP contribution in [0.3, 0.4) is 0 Å². The van der Waals surface area contributed by atoms with Crippen molar-refractivity contribution in [3.8, 4) is 0 Å². The van der Waals surface area contributed by atoms with Crippen LogP contribution in [-0.4, -0.2) is 70.8 Å². The number of fused-ring (bicyclic) bond motifs is 2. The van der Waals surface area contributed by atoms with E-state index in [1.807, 2.05) is 0 Å². The third-order valence-electron chi connectivity index (χ3n) is 4.33. The van der Waals surface area contributed by atoms with E-state index < -0.39 is 41.6 Å². The number of hydroxylamine groups is 2. The number of alkyl carbamates (subject to hydrolysis) is 1. The molecule has 30 heavy (non-hydrogen) atoms. The molecule has 0 aromatic carbocycles. The molecule has 2 bridgehead atoms. The second-order valence-corrected chi connectivity index (χ2v) is 8.07. The van der Waals surface area contributed by atoms with Gasteiger partial charge in [-0.05, 0) is 40.2 Å². The molecule has 0 aromatic heterocycles. The van der Waals surface area contributed by atoms with Crippen LogP contribution in [0, 0.1) is 0 Å². The predicted molar refractivity (Wildman–Crippen MR) is 107 cm³/mol. The fourth-order valence-corrected chi connectivity index (χ4v) is 3.08. The smallest absolute Gasteiger partial charge is 0.408 e. The molecule has 5 amide bonds. The van der Waals surface area contributed by atoms with Crippen LogP contribution in [-0.2, 0) is 19.2 Å². The lowest BCUT2D eigenvalue weighted by molar-refractivity contribution is -0.131. The molecule has 0 radical (unpaired) electrons. The first-order valence-electron chi connectivity index (χ1n) is 9.55. The van der Waals surface area contributed by atoms with Gasteiger partial charge in [0.1, 0.15) is 17.7 Å². The molecular weight excluding hydrogens is 394 g/mol. The molecule has 2 aliphatic rings. The van der Waals surface area contributed by atoms with Crippen LogP contribution >= 0.6 is 0 Å². The van der Waals surface area contributed by atoms with Gasteiger partial charge >= 0.3 is 12.1 Å². The molecule has 11 heteroatoms. The van der Waals surface area contributed by atoms with Crippen molar-refractivity contribution < 1.29 is 28.8 Å². The molecule has 2 rings (SSSR count). The van der Waals surface area contributed by atoms with E-state index in [0.717, 1.165) is 0 Å². The summed E-state index contributed by atoms with van der Waals surface area (Å²) in [6.07, 6.45) is 2.55. The van der Waals surface area contributed by atoms with E-state index in [-0.39, 0.29) is 19.2 Å². The molecular formula is C19H29N5O6. The maximum Gasteiger partial charge on any atom is 0.408 e. The van der Waals surface area contributed by atoms with Gasteiger partial charge < -0.3 is 15.0 Å². The summed E-state index contributed by atoms with van der Waals surface area (Å²) in [4.78, 5) is 55.9. The molecule has 3 N–H and O–H groups in total. The Labute approximate surface area is 175 Å². The summed E-state index contributed by atoms with van der Waals surface area (Å²) in [5.41, 5.74) is 4.50. The van der Waals surface area contributed by atoms with Crippen LogP contribution in [0.2, 0.25) is 0 Å². The Hall–Kier alpha value is -3.08. The number of ether oxygens (including phenoxy) is 1. The van der Waals surface area contributed by atoms with E-state index in [2.05, 4.69) is 22.7 Å². The van der Waals surface area contributed by atoms with E-state index in [4.69, 9.17) is 9.57 Å². The average molecular weight is 423 g/mol. The van der Waals surface area contributed by atoms with Crippen molar-refractivity contribution in [2.45, 2.75) is 58.3 Å². The van der Waals surface area contributed by atoms with Crippen LogP contribution in [0.15, 0.2) is 24.3 Å². The molecule has 2 aliphatic heterocycles. The third-order valence-corrected chi connectivity index (χ3v) is 4.33. The molecule has 0 saturated carbocycles. The number of carbonyl (C=O) groups excluding carboxylic acids is 4. The molecule has 1 saturated heterocycles. The lowest BCUT2D eigenvalue weighted by Crippen LogP contribution is -2.57. The van der Waals surface area contributed by atoms with Crippen LogP contribution in [0.4, 0.5) is 9.59 Å². The van der Waals surface area contributed by atoms with Gasteiger partial charge in [-0.25, -0.2) is 9.59 Å². The molecule has 1 fully saturated rings. The average Bonchev–Trinajstić information content (AvgIpc) is 2.87. The molecule has 0 spiro atoms. The number of nitrogens with zero attached hydrogens (tertiary/aromatic N) is 2. The second-order valence-electron chi connectivity index (χ2n) is 8.07. The number of carbonyl (C=O) groups is 4. The van der Waals surface area contributed by atoms with Crippen molar-refractivity contribution in [3.05, 3.63) is 24.3 Å². The lowest BCUT2D eigenvalue weighted by Gasteiger charge is -2.29. The lowest BCUT2D eigenvalue weighted by atomic mass is 10.0. The first kappa shape index (κ1) is 23.2. The number of hydrogen-bond acceptors (Lipinski definition) is 6.